The van der Waals surface area contributed by atoms with E-state index in [-0.39, 0.29) is 18.1 Å². The average molecular weight is 418 g/mol. The van der Waals surface area contributed by atoms with Gasteiger partial charge in [-0.2, -0.15) is 8.78 Å². The van der Waals surface area contributed by atoms with Crippen LogP contribution in [0.1, 0.15) is 21.8 Å². The van der Waals surface area contributed by atoms with Crippen LogP contribution < -0.4 is 14.8 Å². The van der Waals surface area contributed by atoms with E-state index in [0.717, 1.165) is 21.9 Å². The first-order valence-corrected chi connectivity index (χ1v) is 9.79. The van der Waals surface area contributed by atoms with Gasteiger partial charge in [0, 0.05) is 11.9 Å². The fourth-order valence-corrected chi connectivity index (χ4v) is 3.20. The standard InChI is InChI=1S/C21H20F2N2O3S/c1-14-2-6-17(7-3-14)27-12-20-25-16(13-29-20)10-19(26)24-11-15-4-8-18(9-5-15)28-21(22)23/h2-9,13,21H,10-12H2,1H3,(H,24,26). The first-order chi connectivity index (χ1) is 14.0. The summed E-state index contributed by atoms with van der Waals surface area (Å²) >= 11 is 1.44. The fraction of sp³-hybridized carbons (Fsp3) is 0.238. The second-order valence-electron chi connectivity index (χ2n) is 6.31. The van der Waals surface area contributed by atoms with Crippen LogP contribution >= 0.6 is 11.3 Å². The van der Waals surface area contributed by atoms with Crippen molar-refractivity contribution in [1.82, 2.24) is 10.3 Å². The van der Waals surface area contributed by atoms with E-state index in [4.69, 9.17) is 4.74 Å². The number of aromatic nitrogens is 1. The summed E-state index contributed by atoms with van der Waals surface area (Å²) in [5, 5.41) is 5.42. The highest BCUT2D eigenvalue weighted by Crippen LogP contribution is 2.17. The molecule has 0 bridgehead atoms. The summed E-state index contributed by atoms with van der Waals surface area (Å²) in [5.41, 5.74) is 2.62. The van der Waals surface area contributed by atoms with Crippen molar-refractivity contribution in [2.24, 2.45) is 0 Å². The Bertz CT molecular complexity index is 928. The first-order valence-electron chi connectivity index (χ1n) is 8.91. The Balaban J connectivity index is 1.43. The van der Waals surface area contributed by atoms with E-state index in [1.165, 1.54) is 23.5 Å². The molecule has 1 aromatic heterocycles. The lowest BCUT2D eigenvalue weighted by atomic mass is 10.2. The highest BCUT2D eigenvalue weighted by atomic mass is 32.1. The summed E-state index contributed by atoms with van der Waals surface area (Å²) in [4.78, 5) is 16.5. The maximum atomic E-state index is 12.1. The molecule has 1 N–H and O–H groups in total. The van der Waals surface area contributed by atoms with Crippen molar-refractivity contribution in [2.75, 3.05) is 0 Å². The number of alkyl halides is 2. The van der Waals surface area contributed by atoms with E-state index in [1.54, 1.807) is 12.1 Å². The molecule has 3 rings (SSSR count). The number of halogens is 2. The number of amides is 1. The van der Waals surface area contributed by atoms with Gasteiger partial charge < -0.3 is 14.8 Å². The fourth-order valence-electron chi connectivity index (χ4n) is 2.49. The minimum absolute atomic E-state index is 0.0814. The number of carbonyl (C=O) groups excluding carboxylic acids is 1. The van der Waals surface area contributed by atoms with E-state index < -0.39 is 6.61 Å². The van der Waals surface area contributed by atoms with Crippen LogP contribution in [0.4, 0.5) is 8.78 Å². The molecule has 0 fully saturated rings. The van der Waals surface area contributed by atoms with E-state index in [0.29, 0.717) is 18.8 Å². The van der Waals surface area contributed by atoms with E-state index in [1.807, 2.05) is 36.6 Å². The normalized spacial score (nSPS) is 10.8. The predicted molar refractivity (Wildman–Crippen MR) is 106 cm³/mol. The van der Waals surface area contributed by atoms with Crippen molar-refractivity contribution in [3.63, 3.8) is 0 Å². The van der Waals surface area contributed by atoms with Gasteiger partial charge in [-0.3, -0.25) is 4.79 Å². The summed E-state index contributed by atoms with van der Waals surface area (Å²) in [6, 6.07) is 13.9. The van der Waals surface area contributed by atoms with Gasteiger partial charge in [-0.1, -0.05) is 29.8 Å². The molecule has 0 aliphatic carbocycles. The number of benzene rings is 2. The van der Waals surface area contributed by atoms with Gasteiger partial charge in [0.1, 0.15) is 23.1 Å². The van der Waals surface area contributed by atoms with Crippen molar-refractivity contribution < 1.29 is 23.0 Å². The number of thiazole rings is 1. The van der Waals surface area contributed by atoms with E-state index in [2.05, 4.69) is 15.0 Å². The molecule has 0 aliphatic heterocycles. The SMILES string of the molecule is Cc1ccc(OCc2nc(CC(=O)NCc3ccc(OC(F)F)cc3)cs2)cc1. The Labute approximate surface area is 171 Å². The Morgan fingerprint density at radius 2 is 1.79 bits per heavy atom. The van der Waals surface area contributed by atoms with Crippen molar-refractivity contribution in [3.05, 3.63) is 75.7 Å². The van der Waals surface area contributed by atoms with Crippen molar-refractivity contribution in [2.45, 2.75) is 33.1 Å². The molecule has 3 aromatic rings. The van der Waals surface area contributed by atoms with Gasteiger partial charge >= 0.3 is 6.61 Å². The van der Waals surface area contributed by atoms with Crippen LogP contribution in [0.25, 0.3) is 0 Å². The second kappa shape index (κ2) is 9.97. The van der Waals surface area contributed by atoms with Gasteiger partial charge in [-0.05, 0) is 36.8 Å². The van der Waals surface area contributed by atoms with Crippen LogP contribution in [0.3, 0.4) is 0 Å². The topological polar surface area (TPSA) is 60.5 Å². The third kappa shape index (κ3) is 6.83. The zero-order valence-electron chi connectivity index (χ0n) is 15.7. The lowest BCUT2D eigenvalue weighted by Gasteiger charge is -2.07. The number of hydrogen-bond donors (Lipinski definition) is 1. The summed E-state index contributed by atoms with van der Waals surface area (Å²) in [7, 11) is 0. The zero-order chi connectivity index (χ0) is 20.6. The number of aryl methyl sites for hydroxylation is 1. The molecular formula is C21H20F2N2O3S. The molecule has 0 saturated carbocycles. The highest BCUT2D eigenvalue weighted by molar-refractivity contribution is 7.09. The molecule has 0 unspecified atom stereocenters. The predicted octanol–water partition coefficient (Wildman–Crippen LogP) is 4.49. The number of nitrogens with one attached hydrogen (secondary N) is 1. The lowest BCUT2D eigenvalue weighted by Crippen LogP contribution is -2.24. The molecule has 1 heterocycles. The number of ether oxygens (including phenoxy) is 2. The molecule has 29 heavy (non-hydrogen) atoms. The van der Waals surface area contributed by atoms with Crippen LogP contribution in [0.5, 0.6) is 11.5 Å². The second-order valence-corrected chi connectivity index (χ2v) is 7.25. The number of hydrogen-bond acceptors (Lipinski definition) is 5. The number of nitrogens with zero attached hydrogens (tertiary/aromatic N) is 1. The van der Waals surface area contributed by atoms with Gasteiger partial charge in [0.25, 0.3) is 0 Å². The van der Waals surface area contributed by atoms with Gasteiger partial charge in [-0.25, -0.2) is 4.98 Å². The van der Waals surface area contributed by atoms with Gasteiger partial charge in [0.2, 0.25) is 5.91 Å². The molecule has 0 atom stereocenters. The average Bonchev–Trinajstić information content (AvgIpc) is 3.14. The van der Waals surface area contributed by atoms with Crippen LogP contribution in [0.15, 0.2) is 53.9 Å². The van der Waals surface area contributed by atoms with Crippen LogP contribution in [-0.4, -0.2) is 17.5 Å². The summed E-state index contributed by atoms with van der Waals surface area (Å²) in [6.45, 7) is -0.200. The Hall–Kier alpha value is -3.00. The molecule has 5 nitrogen and oxygen atoms in total. The lowest BCUT2D eigenvalue weighted by molar-refractivity contribution is -0.120. The Morgan fingerprint density at radius 1 is 1.10 bits per heavy atom. The van der Waals surface area contributed by atoms with E-state index in [9.17, 15) is 13.6 Å². The minimum atomic E-state index is -2.86. The van der Waals surface area contributed by atoms with Crippen LogP contribution in [-0.2, 0) is 24.4 Å². The summed E-state index contributed by atoms with van der Waals surface area (Å²) in [5.74, 6) is 0.683. The van der Waals surface area contributed by atoms with Crippen LogP contribution in [0, 0.1) is 6.92 Å². The minimum Gasteiger partial charge on any atom is -0.486 e. The molecule has 2 aromatic carbocycles. The maximum Gasteiger partial charge on any atom is 0.387 e. The monoisotopic (exact) mass is 418 g/mol. The molecule has 1 amide bonds. The molecule has 152 valence electrons. The first kappa shape index (κ1) is 20.7. The number of rotatable bonds is 9. The van der Waals surface area contributed by atoms with Crippen molar-refractivity contribution >= 4 is 17.2 Å². The van der Waals surface area contributed by atoms with E-state index >= 15 is 0 Å². The third-order valence-corrected chi connectivity index (χ3v) is 4.83. The quantitative estimate of drug-likeness (QED) is 0.556. The molecule has 0 spiro atoms. The maximum absolute atomic E-state index is 12.1. The molecule has 0 aliphatic rings. The third-order valence-electron chi connectivity index (χ3n) is 3.96. The summed E-state index contributed by atoms with van der Waals surface area (Å²) in [6.07, 6.45) is 0.160. The number of carbonyl (C=O) groups is 1. The van der Waals surface area contributed by atoms with Gasteiger partial charge in [0.15, 0.2) is 0 Å². The molecule has 0 radical (unpaired) electrons. The molecule has 8 heteroatoms. The van der Waals surface area contributed by atoms with Crippen molar-refractivity contribution in [3.8, 4) is 11.5 Å². The van der Waals surface area contributed by atoms with Gasteiger partial charge in [0.05, 0.1) is 12.1 Å². The summed E-state index contributed by atoms with van der Waals surface area (Å²) < 4.78 is 34.3. The van der Waals surface area contributed by atoms with Crippen LogP contribution in [0.2, 0.25) is 0 Å². The largest absolute Gasteiger partial charge is 0.486 e. The Morgan fingerprint density at radius 3 is 2.48 bits per heavy atom. The van der Waals surface area contributed by atoms with Gasteiger partial charge in [-0.15, -0.1) is 11.3 Å². The molecular weight excluding hydrogens is 398 g/mol. The smallest absolute Gasteiger partial charge is 0.387 e. The Kier molecular flexibility index (Phi) is 7.13. The zero-order valence-corrected chi connectivity index (χ0v) is 16.5. The molecule has 0 saturated heterocycles. The highest BCUT2D eigenvalue weighted by Gasteiger charge is 2.09. The van der Waals surface area contributed by atoms with Crippen molar-refractivity contribution in [1.29, 1.82) is 0 Å².